The predicted octanol–water partition coefficient (Wildman–Crippen LogP) is 1.01. The molecule has 0 aromatic carbocycles. The van der Waals surface area contributed by atoms with Crippen LogP contribution in [0.4, 0.5) is 0 Å². The SMILES string of the molecule is CCOC(=O)c1cn[nH]c1S(=O)(=O)N1CC2CCCC2C1. The molecule has 21 heavy (non-hydrogen) atoms. The van der Waals surface area contributed by atoms with Crippen molar-refractivity contribution in [2.45, 2.75) is 31.2 Å². The number of nitrogens with one attached hydrogen (secondary N) is 1. The van der Waals surface area contributed by atoms with Crippen molar-refractivity contribution in [3.63, 3.8) is 0 Å². The van der Waals surface area contributed by atoms with Crippen molar-refractivity contribution < 1.29 is 17.9 Å². The molecule has 1 N–H and O–H groups in total. The van der Waals surface area contributed by atoms with E-state index in [1.165, 1.54) is 16.9 Å². The molecule has 1 saturated heterocycles. The van der Waals surface area contributed by atoms with Gasteiger partial charge in [-0.15, -0.1) is 0 Å². The number of rotatable bonds is 4. The molecule has 1 aliphatic carbocycles. The number of ether oxygens (including phenoxy) is 1. The molecular formula is C13H19N3O4S. The number of H-pyrrole nitrogens is 1. The van der Waals surface area contributed by atoms with Crippen molar-refractivity contribution in [2.75, 3.05) is 19.7 Å². The number of carbonyl (C=O) groups is 1. The summed E-state index contributed by atoms with van der Waals surface area (Å²) in [6, 6.07) is 0. The van der Waals surface area contributed by atoms with Gasteiger partial charge in [0.15, 0.2) is 5.03 Å². The van der Waals surface area contributed by atoms with E-state index in [1.807, 2.05) is 0 Å². The minimum absolute atomic E-state index is 0.0195. The highest BCUT2D eigenvalue weighted by molar-refractivity contribution is 7.89. The lowest BCUT2D eigenvalue weighted by Crippen LogP contribution is -2.31. The first kappa shape index (κ1) is 14.5. The monoisotopic (exact) mass is 313 g/mol. The summed E-state index contributed by atoms with van der Waals surface area (Å²) in [5.41, 5.74) is -0.0195. The largest absolute Gasteiger partial charge is 0.462 e. The summed E-state index contributed by atoms with van der Waals surface area (Å²) in [6.45, 7) is 2.94. The number of nitrogens with zero attached hydrogens (tertiary/aromatic N) is 2. The van der Waals surface area contributed by atoms with E-state index in [9.17, 15) is 13.2 Å². The molecule has 7 nitrogen and oxygen atoms in total. The number of carbonyl (C=O) groups excluding carboxylic acids is 1. The molecule has 0 spiro atoms. The Balaban J connectivity index is 1.86. The van der Waals surface area contributed by atoms with Crippen LogP contribution in [0.5, 0.6) is 0 Å². The van der Waals surface area contributed by atoms with Gasteiger partial charge in [0.1, 0.15) is 5.56 Å². The van der Waals surface area contributed by atoms with E-state index in [0.717, 1.165) is 12.8 Å². The third kappa shape index (κ3) is 2.46. The van der Waals surface area contributed by atoms with E-state index in [4.69, 9.17) is 4.74 Å². The Kier molecular flexibility index (Phi) is 3.75. The zero-order valence-corrected chi connectivity index (χ0v) is 12.7. The van der Waals surface area contributed by atoms with Gasteiger partial charge in [-0.1, -0.05) is 6.42 Å². The Hall–Kier alpha value is -1.41. The summed E-state index contributed by atoms with van der Waals surface area (Å²) >= 11 is 0. The summed E-state index contributed by atoms with van der Waals surface area (Å²) in [5, 5.41) is 6.00. The van der Waals surface area contributed by atoms with Gasteiger partial charge >= 0.3 is 5.97 Å². The summed E-state index contributed by atoms with van der Waals surface area (Å²) in [7, 11) is -3.72. The van der Waals surface area contributed by atoms with Crippen LogP contribution in [0.1, 0.15) is 36.5 Å². The standard InChI is InChI=1S/C13H19N3O4S/c1-2-20-13(17)11-6-14-15-12(11)21(18,19)16-7-9-4-3-5-10(9)8-16/h6,9-10H,2-5,7-8H2,1H3,(H,14,15). The van der Waals surface area contributed by atoms with Crippen LogP contribution in [0, 0.1) is 11.8 Å². The minimum atomic E-state index is -3.72. The number of hydrogen-bond acceptors (Lipinski definition) is 5. The Morgan fingerprint density at radius 1 is 1.43 bits per heavy atom. The highest BCUT2D eigenvalue weighted by Gasteiger charge is 2.43. The van der Waals surface area contributed by atoms with Crippen LogP contribution in [0.15, 0.2) is 11.2 Å². The second kappa shape index (κ2) is 5.42. The van der Waals surface area contributed by atoms with E-state index in [0.29, 0.717) is 24.9 Å². The highest BCUT2D eigenvalue weighted by atomic mass is 32.2. The molecule has 1 aromatic heterocycles. The lowest BCUT2D eigenvalue weighted by Gasteiger charge is -2.16. The van der Waals surface area contributed by atoms with Crippen LogP contribution >= 0.6 is 0 Å². The normalized spacial score (nSPS) is 26.0. The first-order chi connectivity index (χ1) is 10.0. The zero-order chi connectivity index (χ0) is 15.0. The third-order valence-electron chi connectivity index (χ3n) is 4.39. The average molecular weight is 313 g/mol. The van der Waals surface area contributed by atoms with E-state index in [2.05, 4.69) is 10.2 Å². The molecule has 116 valence electrons. The highest BCUT2D eigenvalue weighted by Crippen LogP contribution is 2.39. The molecule has 3 rings (SSSR count). The topological polar surface area (TPSA) is 92.4 Å². The molecule has 2 heterocycles. The molecule has 0 amide bonds. The van der Waals surface area contributed by atoms with E-state index in [1.54, 1.807) is 6.92 Å². The van der Waals surface area contributed by atoms with Crippen molar-refractivity contribution in [1.82, 2.24) is 14.5 Å². The summed E-state index contributed by atoms with van der Waals surface area (Å²) in [5.74, 6) is 0.242. The smallest absolute Gasteiger partial charge is 0.342 e. The van der Waals surface area contributed by atoms with E-state index >= 15 is 0 Å². The quantitative estimate of drug-likeness (QED) is 0.837. The van der Waals surface area contributed by atoms with Gasteiger partial charge in [0, 0.05) is 13.1 Å². The fourth-order valence-corrected chi connectivity index (χ4v) is 4.96. The molecule has 8 heteroatoms. The van der Waals surface area contributed by atoms with E-state index in [-0.39, 0.29) is 17.2 Å². The van der Waals surface area contributed by atoms with Gasteiger partial charge in [-0.25, -0.2) is 13.2 Å². The van der Waals surface area contributed by atoms with Crippen molar-refractivity contribution in [2.24, 2.45) is 11.8 Å². The van der Waals surface area contributed by atoms with Crippen LogP contribution in [0.3, 0.4) is 0 Å². The summed E-state index contributed by atoms with van der Waals surface area (Å²) < 4.78 is 31.8. The fraction of sp³-hybridized carbons (Fsp3) is 0.692. The Morgan fingerprint density at radius 2 is 2.10 bits per heavy atom. The molecule has 2 atom stereocenters. The lowest BCUT2D eigenvalue weighted by molar-refractivity contribution is 0.0521. The Morgan fingerprint density at radius 3 is 2.71 bits per heavy atom. The molecule has 0 radical (unpaired) electrons. The molecule has 1 aromatic rings. The summed E-state index contributed by atoms with van der Waals surface area (Å²) in [6.07, 6.45) is 4.57. The Bertz CT molecular complexity index is 628. The third-order valence-corrected chi connectivity index (χ3v) is 6.20. The van der Waals surface area contributed by atoms with Crippen molar-refractivity contribution in [1.29, 1.82) is 0 Å². The fourth-order valence-electron chi connectivity index (χ4n) is 3.34. The minimum Gasteiger partial charge on any atom is -0.462 e. The maximum Gasteiger partial charge on any atom is 0.342 e. The van der Waals surface area contributed by atoms with Gasteiger partial charge in [0.25, 0.3) is 10.0 Å². The molecule has 1 saturated carbocycles. The maximum absolute atomic E-state index is 12.7. The number of aromatic nitrogens is 2. The summed E-state index contributed by atoms with van der Waals surface area (Å²) in [4.78, 5) is 11.8. The number of sulfonamides is 1. The van der Waals surface area contributed by atoms with E-state index < -0.39 is 16.0 Å². The first-order valence-electron chi connectivity index (χ1n) is 7.24. The van der Waals surface area contributed by atoms with Crippen LogP contribution in [-0.2, 0) is 14.8 Å². The van der Waals surface area contributed by atoms with Gasteiger partial charge in [-0.3, -0.25) is 5.10 Å². The van der Waals surface area contributed by atoms with Crippen LogP contribution in [-0.4, -0.2) is 48.6 Å². The van der Waals surface area contributed by atoms with Gasteiger partial charge in [0.05, 0.1) is 12.8 Å². The van der Waals surface area contributed by atoms with Crippen LogP contribution in [0.2, 0.25) is 0 Å². The predicted molar refractivity (Wildman–Crippen MR) is 74.1 cm³/mol. The van der Waals surface area contributed by atoms with Crippen molar-refractivity contribution in [3.8, 4) is 0 Å². The zero-order valence-electron chi connectivity index (χ0n) is 11.9. The van der Waals surface area contributed by atoms with Gasteiger partial charge in [0.2, 0.25) is 0 Å². The first-order valence-corrected chi connectivity index (χ1v) is 8.68. The van der Waals surface area contributed by atoms with Crippen molar-refractivity contribution >= 4 is 16.0 Å². The second-order valence-corrected chi connectivity index (χ2v) is 7.48. The molecule has 2 unspecified atom stereocenters. The second-order valence-electron chi connectivity index (χ2n) is 5.61. The van der Waals surface area contributed by atoms with Gasteiger partial charge < -0.3 is 4.74 Å². The van der Waals surface area contributed by atoms with Crippen LogP contribution in [0.25, 0.3) is 0 Å². The number of fused-ring (bicyclic) bond motifs is 1. The van der Waals surface area contributed by atoms with Gasteiger partial charge in [-0.2, -0.15) is 9.40 Å². The van der Waals surface area contributed by atoms with Gasteiger partial charge in [-0.05, 0) is 31.6 Å². The average Bonchev–Trinajstić information content (AvgIpc) is 3.14. The lowest BCUT2D eigenvalue weighted by atomic mass is 10.0. The number of esters is 1. The maximum atomic E-state index is 12.7. The molecule has 0 bridgehead atoms. The molecule has 2 fully saturated rings. The molecular weight excluding hydrogens is 294 g/mol. The number of hydrogen-bond donors (Lipinski definition) is 1. The van der Waals surface area contributed by atoms with Crippen molar-refractivity contribution in [3.05, 3.63) is 11.8 Å². The molecule has 2 aliphatic rings. The Labute approximate surface area is 123 Å². The van der Waals surface area contributed by atoms with Crippen LogP contribution < -0.4 is 0 Å². The number of aromatic amines is 1. The molecule has 1 aliphatic heterocycles.